The predicted molar refractivity (Wildman–Crippen MR) is 110 cm³/mol. The van der Waals surface area contributed by atoms with E-state index in [1.54, 1.807) is 35.3 Å². The highest BCUT2D eigenvalue weighted by molar-refractivity contribution is 7.11. The summed E-state index contributed by atoms with van der Waals surface area (Å²) in [5, 5.41) is 4.46. The highest BCUT2D eigenvalue weighted by Gasteiger charge is 2.22. The van der Waals surface area contributed by atoms with Gasteiger partial charge in [0.2, 0.25) is 0 Å². The van der Waals surface area contributed by atoms with E-state index in [9.17, 15) is 4.79 Å². The van der Waals surface area contributed by atoms with E-state index < -0.39 is 0 Å². The predicted octanol–water partition coefficient (Wildman–Crippen LogP) is 1.14. The Kier molecular flexibility index (Phi) is 6.10. The van der Waals surface area contributed by atoms with Crippen LogP contribution in [0.2, 0.25) is 0 Å². The number of anilines is 1. The highest BCUT2D eigenvalue weighted by atomic mass is 32.1. The lowest BCUT2D eigenvalue weighted by Gasteiger charge is -2.36. The van der Waals surface area contributed by atoms with E-state index in [0.717, 1.165) is 49.4 Å². The number of aryl methyl sites for hydroxylation is 3. The van der Waals surface area contributed by atoms with Gasteiger partial charge in [0.15, 0.2) is 11.8 Å². The normalized spacial score (nSPS) is 15.3. The average Bonchev–Trinajstić information content (AvgIpc) is 2.98. The Morgan fingerprint density at radius 3 is 2.67 bits per heavy atom. The molecule has 1 N–H and O–H groups in total. The van der Waals surface area contributed by atoms with E-state index in [-0.39, 0.29) is 5.56 Å². The molecule has 9 heteroatoms. The molecule has 8 nitrogen and oxygen atoms in total. The fourth-order valence-corrected chi connectivity index (χ4v) is 3.99. The Labute approximate surface area is 163 Å². The molecule has 0 spiro atoms. The Balaban J connectivity index is 1.68. The molecule has 0 amide bonds. The third-order valence-electron chi connectivity index (χ3n) is 4.58. The van der Waals surface area contributed by atoms with E-state index in [1.165, 1.54) is 4.88 Å². The van der Waals surface area contributed by atoms with Gasteiger partial charge in [0.25, 0.3) is 5.56 Å². The van der Waals surface area contributed by atoms with Gasteiger partial charge in [-0.25, -0.2) is 15.0 Å². The number of thiazole rings is 1. The number of hydrogen-bond donors (Lipinski definition) is 1. The van der Waals surface area contributed by atoms with Crippen LogP contribution in [0, 0.1) is 13.8 Å². The average molecular weight is 390 g/mol. The van der Waals surface area contributed by atoms with Crippen LogP contribution >= 0.6 is 11.3 Å². The summed E-state index contributed by atoms with van der Waals surface area (Å²) in [6, 6.07) is 0. The van der Waals surface area contributed by atoms with Crippen molar-refractivity contribution in [3.8, 4) is 0 Å². The van der Waals surface area contributed by atoms with Crippen molar-refractivity contribution in [2.45, 2.75) is 27.3 Å². The molecule has 3 rings (SSSR count). The van der Waals surface area contributed by atoms with Gasteiger partial charge in [-0.15, -0.1) is 11.3 Å². The summed E-state index contributed by atoms with van der Waals surface area (Å²) in [6.07, 6.45) is 3.36. The van der Waals surface area contributed by atoms with Crippen molar-refractivity contribution in [3.05, 3.63) is 38.3 Å². The Morgan fingerprint density at radius 2 is 2.04 bits per heavy atom. The summed E-state index contributed by atoms with van der Waals surface area (Å²) in [6.45, 7) is 10.7. The van der Waals surface area contributed by atoms with Crippen molar-refractivity contribution < 1.29 is 0 Å². The number of rotatable bonds is 4. The molecule has 1 aliphatic heterocycles. The third-order valence-corrected chi connectivity index (χ3v) is 5.64. The largest absolute Gasteiger partial charge is 0.357 e. The molecule has 0 unspecified atom stereocenters. The van der Waals surface area contributed by atoms with Crippen LogP contribution in [0.4, 0.5) is 5.82 Å². The zero-order valence-electron chi connectivity index (χ0n) is 16.4. The maximum Gasteiger partial charge on any atom is 0.293 e. The number of aromatic nitrogens is 3. The van der Waals surface area contributed by atoms with Crippen LogP contribution in [0.1, 0.15) is 22.5 Å². The van der Waals surface area contributed by atoms with E-state index in [1.807, 2.05) is 13.8 Å². The maximum absolute atomic E-state index is 12.3. The summed E-state index contributed by atoms with van der Waals surface area (Å²) in [4.78, 5) is 31.4. The van der Waals surface area contributed by atoms with E-state index >= 15 is 0 Å². The number of nitrogens with zero attached hydrogens (tertiary/aromatic N) is 6. The van der Waals surface area contributed by atoms with Crippen molar-refractivity contribution >= 4 is 23.1 Å². The Bertz CT molecular complexity index is 865. The summed E-state index contributed by atoms with van der Waals surface area (Å²) in [5.74, 6) is 1.44. The maximum atomic E-state index is 12.3. The van der Waals surface area contributed by atoms with Gasteiger partial charge >= 0.3 is 0 Å². The molecule has 1 aliphatic rings. The molecule has 0 radical (unpaired) electrons. The van der Waals surface area contributed by atoms with Crippen LogP contribution in [0.15, 0.2) is 22.2 Å². The van der Waals surface area contributed by atoms with Crippen molar-refractivity contribution in [1.29, 1.82) is 0 Å². The molecule has 27 heavy (non-hydrogen) atoms. The monoisotopic (exact) mass is 389 g/mol. The zero-order valence-corrected chi connectivity index (χ0v) is 17.2. The van der Waals surface area contributed by atoms with Crippen LogP contribution in [-0.2, 0) is 13.6 Å². The molecule has 146 valence electrons. The molecule has 2 aromatic rings. The second-order valence-electron chi connectivity index (χ2n) is 6.55. The zero-order chi connectivity index (χ0) is 19.4. The second kappa shape index (κ2) is 8.51. The lowest BCUT2D eigenvalue weighted by atomic mass is 10.3. The molecule has 1 saturated heterocycles. The molecule has 3 heterocycles. The molecule has 0 aromatic carbocycles. The van der Waals surface area contributed by atoms with Gasteiger partial charge in [0, 0.05) is 57.0 Å². The summed E-state index contributed by atoms with van der Waals surface area (Å²) in [7, 11) is 1.75. The Morgan fingerprint density at radius 1 is 1.30 bits per heavy atom. The molecular formula is C18H27N7OS. The quantitative estimate of drug-likeness (QED) is 0.624. The van der Waals surface area contributed by atoms with Gasteiger partial charge in [0.1, 0.15) is 0 Å². The van der Waals surface area contributed by atoms with Crippen LogP contribution in [-0.4, -0.2) is 58.1 Å². The van der Waals surface area contributed by atoms with Crippen LogP contribution in [0.3, 0.4) is 0 Å². The number of aliphatic imine (C=N–C) groups is 1. The van der Waals surface area contributed by atoms with Crippen LogP contribution in [0.25, 0.3) is 0 Å². The lowest BCUT2D eigenvalue weighted by Crippen LogP contribution is -2.53. The summed E-state index contributed by atoms with van der Waals surface area (Å²) in [5.41, 5.74) is 1.01. The molecule has 2 aromatic heterocycles. The molecule has 0 saturated carbocycles. The molecule has 0 bridgehead atoms. The fraction of sp³-hybridized carbons (Fsp3) is 0.556. The van der Waals surface area contributed by atoms with E-state index in [4.69, 9.17) is 4.99 Å². The van der Waals surface area contributed by atoms with Gasteiger partial charge in [-0.05, 0) is 20.8 Å². The second-order valence-corrected chi connectivity index (χ2v) is 7.84. The van der Waals surface area contributed by atoms with Gasteiger partial charge in [-0.2, -0.15) is 0 Å². The summed E-state index contributed by atoms with van der Waals surface area (Å²) >= 11 is 1.70. The Hall–Kier alpha value is -2.42. The van der Waals surface area contributed by atoms with Crippen molar-refractivity contribution in [2.75, 3.05) is 37.6 Å². The molecule has 0 aliphatic carbocycles. The first-order chi connectivity index (χ1) is 13.0. The minimum Gasteiger partial charge on any atom is -0.357 e. The van der Waals surface area contributed by atoms with Crippen LogP contribution in [0.5, 0.6) is 0 Å². The van der Waals surface area contributed by atoms with E-state index in [0.29, 0.717) is 12.4 Å². The lowest BCUT2D eigenvalue weighted by molar-refractivity contribution is 0.370. The van der Waals surface area contributed by atoms with Crippen molar-refractivity contribution in [3.63, 3.8) is 0 Å². The van der Waals surface area contributed by atoms with Gasteiger partial charge in [0.05, 0.1) is 17.2 Å². The molecular weight excluding hydrogens is 362 g/mol. The van der Waals surface area contributed by atoms with E-state index in [2.05, 4.69) is 32.0 Å². The van der Waals surface area contributed by atoms with Crippen molar-refractivity contribution in [2.24, 2.45) is 12.0 Å². The standard InChI is InChI=1S/C18H27N7OS/c1-5-19-18(21-12-15-13(2)22-14(3)27-15)25-10-8-24(9-11-25)16-17(26)23(4)7-6-20-16/h6-7H,5,8-12H2,1-4H3,(H,19,21). The number of guanidine groups is 1. The number of hydrogen-bond acceptors (Lipinski definition) is 6. The highest BCUT2D eigenvalue weighted by Crippen LogP contribution is 2.18. The number of nitrogens with one attached hydrogen (secondary N) is 1. The van der Waals surface area contributed by atoms with Crippen LogP contribution < -0.4 is 15.8 Å². The van der Waals surface area contributed by atoms with Gasteiger partial charge < -0.3 is 19.7 Å². The fourth-order valence-electron chi connectivity index (χ4n) is 3.12. The third kappa shape index (κ3) is 4.47. The van der Waals surface area contributed by atoms with Crippen molar-refractivity contribution in [1.82, 2.24) is 24.8 Å². The minimum atomic E-state index is -0.0532. The molecule has 1 fully saturated rings. The first kappa shape index (κ1) is 19.3. The first-order valence-corrected chi connectivity index (χ1v) is 10.0. The molecule has 0 atom stereocenters. The smallest absolute Gasteiger partial charge is 0.293 e. The topological polar surface area (TPSA) is 78.7 Å². The minimum absolute atomic E-state index is 0.0532. The van der Waals surface area contributed by atoms with Gasteiger partial charge in [-0.1, -0.05) is 0 Å². The first-order valence-electron chi connectivity index (χ1n) is 9.22. The SMILES string of the molecule is CCNC(=NCc1sc(C)nc1C)N1CCN(c2nccn(C)c2=O)CC1. The summed E-state index contributed by atoms with van der Waals surface area (Å²) < 4.78 is 1.57. The van der Waals surface area contributed by atoms with Gasteiger partial charge in [-0.3, -0.25) is 4.79 Å². The number of piperazine rings is 1.